The number of hydrogen-bond acceptors (Lipinski definition) is 4. The van der Waals surface area contributed by atoms with Crippen LogP contribution in [0.3, 0.4) is 0 Å². The van der Waals surface area contributed by atoms with Gasteiger partial charge in [-0.3, -0.25) is 9.78 Å². The lowest BCUT2D eigenvalue weighted by atomic mass is 10.0. The minimum atomic E-state index is -0.493. The Morgan fingerprint density at radius 1 is 1.69 bits per heavy atom. The molecule has 0 aromatic carbocycles. The normalized spacial score (nSPS) is 20.9. The molecule has 5 nitrogen and oxygen atoms in total. The van der Waals surface area contributed by atoms with Gasteiger partial charge in [0.15, 0.2) is 0 Å². The summed E-state index contributed by atoms with van der Waals surface area (Å²) in [7, 11) is 0. The molecule has 0 bridgehead atoms. The summed E-state index contributed by atoms with van der Waals surface area (Å²) in [5, 5.41) is 3.27. The fraction of sp³-hybridized carbons (Fsp3) is 0.455. The number of aromatic nitrogens is 1. The lowest BCUT2D eigenvalue weighted by Gasteiger charge is -2.33. The zero-order valence-corrected chi connectivity index (χ0v) is 9.14. The van der Waals surface area contributed by atoms with Crippen LogP contribution in [0.25, 0.3) is 0 Å². The molecule has 1 aliphatic rings. The molecule has 0 saturated carbocycles. The summed E-state index contributed by atoms with van der Waals surface area (Å²) in [6, 6.07) is 2.00. The fourth-order valence-electron chi connectivity index (χ4n) is 1.63. The minimum absolute atomic E-state index is 0.0682. The van der Waals surface area contributed by atoms with E-state index in [9.17, 15) is 4.79 Å². The van der Waals surface area contributed by atoms with Gasteiger partial charge in [0.25, 0.3) is 0 Å². The molecule has 1 fully saturated rings. The summed E-state index contributed by atoms with van der Waals surface area (Å²) in [5.74, 6) is 0.0878. The molecule has 0 spiro atoms. The third kappa shape index (κ3) is 2.30. The Morgan fingerprint density at radius 3 is 3.00 bits per heavy atom. The Bertz CT molecular complexity index is 391. The number of ether oxygens (including phenoxy) is 1. The monoisotopic (exact) mass is 221 g/mol. The summed E-state index contributed by atoms with van der Waals surface area (Å²) in [5.41, 5.74) is 5.53. The van der Waals surface area contributed by atoms with Gasteiger partial charge in [-0.05, 0) is 26.0 Å². The average molecular weight is 221 g/mol. The molecule has 1 aliphatic heterocycles. The third-order valence-electron chi connectivity index (χ3n) is 2.75. The molecule has 2 heterocycles. The predicted molar refractivity (Wildman–Crippen MR) is 59.3 cm³/mol. The molecule has 2 rings (SSSR count). The molecule has 0 radical (unpaired) electrons. The first-order valence-electron chi connectivity index (χ1n) is 5.31. The van der Waals surface area contributed by atoms with Crippen molar-refractivity contribution in [3.8, 4) is 5.75 Å². The highest BCUT2D eigenvalue weighted by Crippen LogP contribution is 2.17. The molecule has 1 aromatic rings. The lowest BCUT2D eigenvalue weighted by Crippen LogP contribution is -2.51. The largest absolute Gasteiger partial charge is 0.487 e. The molecular formula is C11H15N3O2. The summed E-state index contributed by atoms with van der Waals surface area (Å²) >= 11 is 0. The SMILES string of the molecule is CC(Oc1cncc(C(N)=O)c1)[C@@H]1CCN1. The molecule has 16 heavy (non-hydrogen) atoms. The van der Waals surface area contributed by atoms with Gasteiger partial charge in [0.2, 0.25) is 5.91 Å². The van der Waals surface area contributed by atoms with Crippen molar-refractivity contribution in [3.05, 3.63) is 24.0 Å². The highest BCUT2D eigenvalue weighted by Gasteiger charge is 2.24. The topological polar surface area (TPSA) is 77.2 Å². The number of rotatable bonds is 4. The van der Waals surface area contributed by atoms with E-state index in [-0.39, 0.29) is 6.10 Å². The van der Waals surface area contributed by atoms with E-state index >= 15 is 0 Å². The van der Waals surface area contributed by atoms with E-state index in [1.807, 2.05) is 6.92 Å². The lowest BCUT2D eigenvalue weighted by molar-refractivity contribution is 0.0997. The van der Waals surface area contributed by atoms with E-state index in [2.05, 4.69) is 10.3 Å². The van der Waals surface area contributed by atoms with Gasteiger partial charge in [0.1, 0.15) is 11.9 Å². The maximum atomic E-state index is 11.0. The van der Waals surface area contributed by atoms with E-state index in [4.69, 9.17) is 10.5 Å². The van der Waals surface area contributed by atoms with Crippen molar-refractivity contribution >= 4 is 5.91 Å². The third-order valence-corrected chi connectivity index (χ3v) is 2.75. The zero-order chi connectivity index (χ0) is 11.5. The fourth-order valence-corrected chi connectivity index (χ4v) is 1.63. The number of nitrogens with two attached hydrogens (primary N) is 1. The second kappa shape index (κ2) is 4.49. The van der Waals surface area contributed by atoms with Crippen LogP contribution in [0.2, 0.25) is 0 Å². The first kappa shape index (κ1) is 10.9. The molecule has 2 atom stereocenters. The Labute approximate surface area is 94.0 Å². The van der Waals surface area contributed by atoms with Gasteiger partial charge < -0.3 is 15.8 Å². The van der Waals surface area contributed by atoms with E-state index in [0.717, 1.165) is 13.0 Å². The van der Waals surface area contributed by atoms with Crippen molar-refractivity contribution < 1.29 is 9.53 Å². The van der Waals surface area contributed by atoms with E-state index < -0.39 is 5.91 Å². The molecule has 1 amide bonds. The Balaban J connectivity index is 2.02. The summed E-state index contributed by atoms with van der Waals surface area (Å²) < 4.78 is 5.68. The average Bonchev–Trinajstić information content (AvgIpc) is 2.15. The van der Waals surface area contributed by atoms with E-state index in [1.54, 1.807) is 12.3 Å². The number of nitrogens with one attached hydrogen (secondary N) is 1. The zero-order valence-electron chi connectivity index (χ0n) is 9.14. The Morgan fingerprint density at radius 2 is 2.44 bits per heavy atom. The highest BCUT2D eigenvalue weighted by atomic mass is 16.5. The quantitative estimate of drug-likeness (QED) is 0.767. The van der Waals surface area contributed by atoms with Gasteiger partial charge in [-0.15, -0.1) is 0 Å². The number of primary amides is 1. The molecule has 0 aliphatic carbocycles. The van der Waals surface area contributed by atoms with Gasteiger partial charge in [-0.2, -0.15) is 0 Å². The molecule has 1 aromatic heterocycles. The number of carbonyl (C=O) groups is 1. The highest BCUT2D eigenvalue weighted by molar-refractivity contribution is 5.92. The van der Waals surface area contributed by atoms with Gasteiger partial charge in [-0.25, -0.2) is 0 Å². The van der Waals surface area contributed by atoms with Crippen LogP contribution in [-0.2, 0) is 0 Å². The van der Waals surface area contributed by atoms with Crippen LogP contribution in [0, 0.1) is 0 Å². The van der Waals surface area contributed by atoms with Crippen LogP contribution in [-0.4, -0.2) is 29.6 Å². The predicted octanol–water partition coefficient (Wildman–Crippen LogP) is 0.310. The van der Waals surface area contributed by atoms with Gasteiger partial charge in [0, 0.05) is 12.2 Å². The number of amides is 1. The van der Waals surface area contributed by atoms with Crippen molar-refractivity contribution in [2.45, 2.75) is 25.5 Å². The maximum Gasteiger partial charge on any atom is 0.250 e. The summed E-state index contributed by atoms with van der Waals surface area (Å²) in [6.07, 6.45) is 4.20. The van der Waals surface area contributed by atoms with E-state index in [0.29, 0.717) is 17.4 Å². The second-order valence-electron chi connectivity index (χ2n) is 3.95. The van der Waals surface area contributed by atoms with Crippen molar-refractivity contribution in [2.24, 2.45) is 5.73 Å². The first-order chi connectivity index (χ1) is 7.66. The Hall–Kier alpha value is -1.62. The molecule has 3 N–H and O–H groups in total. The Kier molecular flexibility index (Phi) is 3.05. The molecule has 5 heteroatoms. The molecule has 1 unspecified atom stereocenters. The van der Waals surface area contributed by atoms with Crippen LogP contribution in [0.4, 0.5) is 0 Å². The van der Waals surface area contributed by atoms with Crippen LogP contribution in [0.5, 0.6) is 5.75 Å². The van der Waals surface area contributed by atoms with Crippen molar-refractivity contribution in [3.63, 3.8) is 0 Å². The summed E-state index contributed by atoms with van der Waals surface area (Å²) in [6.45, 7) is 3.03. The van der Waals surface area contributed by atoms with Crippen LogP contribution in [0.1, 0.15) is 23.7 Å². The minimum Gasteiger partial charge on any atom is -0.487 e. The van der Waals surface area contributed by atoms with Gasteiger partial charge in [-0.1, -0.05) is 0 Å². The number of pyridine rings is 1. The van der Waals surface area contributed by atoms with Crippen molar-refractivity contribution in [1.82, 2.24) is 10.3 Å². The van der Waals surface area contributed by atoms with Crippen LogP contribution >= 0.6 is 0 Å². The van der Waals surface area contributed by atoms with Crippen molar-refractivity contribution in [1.29, 1.82) is 0 Å². The molecule has 86 valence electrons. The number of nitrogens with zero attached hydrogens (tertiary/aromatic N) is 1. The van der Waals surface area contributed by atoms with Gasteiger partial charge in [0.05, 0.1) is 11.8 Å². The smallest absolute Gasteiger partial charge is 0.250 e. The van der Waals surface area contributed by atoms with Crippen molar-refractivity contribution in [2.75, 3.05) is 6.54 Å². The standard InChI is InChI=1S/C11H15N3O2/c1-7(10-2-3-14-10)16-9-4-8(11(12)15)5-13-6-9/h4-7,10,14H,2-3H2,1H3,(H2,12,15)/t7?,10-/m0/s1. The number of carbonyl (C=O) groups excluding carboxylic acids is 1. The number of hydrogen-bond donors (Lipinski definition) is 2. The van der Waals surface area contributed by atoms with Crippen LogP contribution in [0.15, 0.2) is 18.5 Å². The summed E-state index contributed by atoms with van der Waals surface area (Å²) in [4.78, 5) is 14.9. The van der Waals surface area contributed by atoms with E-state index in [1.165, 1.54) is 6.20 Å². The van der Waals surface area contributed by atoms with Crippen LogP contribution < -0.4 is 15.8 Å². The van der Waals surface area contributed by atoms with Gasteiger partial charge >= 0.3 is 0 Å². The molecule has 1 saturated heterocycles. The second-order valence-corrected chi connectivity index (χ2v) is 3.95. The maximum absolute atomic E-state index is 11.0. The molecular weight excluding hydrogens is 206 g/mol. The first-order valence-corrected chi connectivity index (χ1v) is 5.31.